The van der Waals surface area contributed by atoms with Crippen LogP contribution in [0.5, 0.6) is 0 Å². The van der Waals surface area contributed by atoms with E-state index >= 15 is 0 Å². The fourth-order valence-electron chi connectivity index (χ4n) is 2.61. The van der Waals surface area contributed by atoms with E-state index in [9.17, 15) is 8.42 Å². The molecule has 2 aromatic carbocycles. The summed E-state index contributed by atoms with van der Waals surface area (Å²) in [5.74, 6) is 0. The molecule has 0 saturated carbocycles. The summed E-state index contributed by atoms with van der Waals surface area (Å²) in [6.45, 7) is 7.95. The average molecular weight is 302 g/mol. The predicted octanol–water partition coefficient (Wildman–Crippen LogP) is 4.26. The maximum absolute atomic E-state index is 13.0. The van der Waals surface area contributed by atoms with Gasteiger partial charge in [0, 0.05) is 0 Å². The van der Waals surface area contributed by atoms with Gasteiger partial charge >= 0.3 is 0 Å². The molecule has 0 unspecified atom stereocenters. The third kappa shape index (κ3) is 3.03. The van der Waals surface area contributed by atoms with E-state index in [1.54, 1.807) is 12.1 Å². The van der Waals surface area contributed by atoms with Crippen LogP contribution in [-0.4, -0.2) is 8.42 Å². The van der Waals surface area contributed by atoms with Gasteiger partial charge in [0.05, 0.1) is 9.79 Å². The van der Waals surface area contributed by atoms with Crippen molar-refractivity contribution in [2.45, 2.75) is 50.3 Å². The molecule has 2 aromatic rings. The SMILES string of the molecule is CCc1cc(C)ccc1S(=O)(=O)c1ccc(C)cc1CC. The molecule has 0 aliphatic heterocycles. The molecule has 0 bridgehead atoms. The van der Waals surface area contributed by atoms with Crippen molar-refractivity contribution in [3.05, 3.63) is 58.7 Å². The standard InChI is InChI=1S/C18H22O2S/c1-5-15-11-13(3)7-9-17(15)21(19,20)18-10-8-14(4)12-16(18)6-2/h7-12H,5-6H2,1-4H3. The molecule has 0 aromatic heterocycles. The van der Waals surface area contributed by atoms with Gasteiger partial charge in [-0.1, -0.05) is 49.2 Å². The van der Waals surface area contributed by atoms with Crippen molar-refractivity contribution in [1.82, 2.24) is 0 Å². The Hall–Kier alpha value is -1.61. The van der Waals surface area contributed by atoms with Crippen LogP contribution in [-0.2, 0) is 22.7 Å². The topological polar surface area (TPSA) is 34.1 Å². The minimum absolute atomic E-state index is 0.439. The van der Waals surface area contributed by atoms with Crippen LogP contribution in [0.15, 0.2) is 46.2 Å². The van der Waals surface area contributed by atoms with Crippen LogP contribution < -0.4 is 0 Å². The summed E-state index contributed by atoms with van der Waals surface area (Å²) in [5.41, 5.74) is 3.95. The Balaban J connectivity index is 2.68. The first-order valence-electron chi connectivity index (χ1n) is 7.34. The summed E-state index contributed by atoms with van der Waals surface area (Å²) >= 11 is 0. The van der Waals surface area contributed by atoms with Gasteiger partial charge in [-0.05, 0) is 49.9 Å². The fourth-order valence-corrected chi connectivity index (χ4v) is 4.44. The predicted molar refractivity (Wildman–Crippen MR) is 86.6 cm³/mol. The molecule has 0 saturated heterocycles. The van der Waals surface area contributed by atoms with Crippen LogP contribution >= 0.6 is 0 Å². The van der Waals surface area contributed by atoms with E-state index in [1.807, 2.05) is 52.0 Å². The summed E-state index contributed by atoms with van der Waals surface area (Å²) in [6.07, 6.45) is 1.42. The smallest absolute Gasteiger partial charge is 0.207 e. The lowest BCUT2D eigenvalue weighted by Crippen LogP contribution is -2.08. The highest BCUT2D eigenvalue weighted by molar-refractivity contribution is 7.91. The first-order chi connectivity index (χ1) is 9.90. The molecule has 112 valence electrons. The highest BCUT2D eigenvalue weighted by Crippen LogP contribution is 2.28. The Labute approximate surface area is 127 Å². The first-order valence-corrected chi connectivity index (χ1v) is 8.82. The second-order valence-electron chi connectivity index (χ2n) is 5.43. The third-order valence-corrected chi connectivity index (χ3v) is 5.73. The largest absolute Gasteiger partial charge is 0.218 e. The number of benzene rings is 2. The van der Waals surface area contributed by atoms with Gasteiger partial charge in [0.25, 0.3) is 0 Å². The second-order valence-corrected chi connectivity index (χ2v) is 7.32. The van der Waals surface area contributed by atoms with E-state index in [-0.39, 0.29) is 0 Å². The van der Waals surface area contributed by atoms with Gasteiger partial charge in [-0.15, -0.1) is 0 Å². The molecular weight excluding hydrogens is 280 g/mol. The molecule has 0 atom stereocenters. The van der Waals surface area contributed by atoms with Crippen molar-refractivity contribution in [3.8, 4) is 0 Å². The number of sulfone groups is 1. The van der Waals surface area contributed by atoms with Crippen molar-refractivity contribution in [2.75, 3.05) is 0 Å². The second kappa shape index (κ2) is 6.02. The van der Waals surface area contributed by atoms with Crippen molar-refractivity contribution in [2.24, 2.45) is 0 Å². The van der Waals surface area contributed by atoms with Crippen molar-refractivity contribution >= 4 is 9.84 Å². The molecule has 0 heterocycles. The van der Waals surface area contributed by atoms with Gasteiger partial charge in [-0.3, -0.25) is 0 Å². The number of hydrogen-bond acceptors (Lipinski definition) is 2. The van der Waals surface area contributed by atoms with E-state index in [0.29, 0.717) is 22.6 Å². The van der Waals surface area contributed by atoms with E-state index in [0.717, 1.165) is 22.3 Å². The zero-order chi connectivity index (χ0) is 15.6. The van der Waals surface area contributed by atoms with Gasteiger partial charge in [0.1, 0.15) is 0 Å². The zero-order valence-corrected chi connectivity index (χ0v) is 13.9. The number of hydrogen-bond donors (Lipinski definition) is 0. The molecule has 3 heteroatoms. The molecule has 0 spiro atoms. The van der Waals surface area contributed by atoms with Gasteiger partial charge in [-0.25, -0.2) is 8.42 Å². The summed E-state index contributed by atoms with van der Waals surface area (Å²) in [5, 5.41) is 0. The zero-order valence-electron chi connectivity index (χ0n) is 13.1. The Kier molecular flexibility index (Phi) is 4.52. The van der Waals surface area contributed by atoms with Gasteiger partial charge in [0.15, 0.2) is 0 Å². The van der Waals surface area contributed by atoms with Gasteiger partial charge in [0.2, 0.25) is 9.84 Å². The molecular formula is C18H22O2S. The maximum atomic E-state index is 13.0. The third-order valence-electron chi connectivity index (χ3n) is 3.77. The molecule has 0 N–H and O–H groups in total. The Bertz CT molecular complexity index is 699. The summed E-state index contributed by atoms with van der Waals surface area (Å²) < 4.78 is 26.0. The van der Waals surface area contributed by atoms with E-state index in [2.05, 4.69) is 0 Å². The lowest BCUT2D eigenvalue weighted by atomic mass is 10.1. The Morgan fingerprint density at radius 1 is 0.762 bits per heavy atom. The number of rotatable bonds is 4. The minimum Gasteiger partial charge on any atom is -0.218 e. The summed E-state index contributed by atoms with van der Waals surface area (Å²) in [6, 6.07) is 11.1. The number of aryl methyl sites for hydroxylation is 4. The monoisotopic (exact) mass is 302 g/mol. The molecule has 0 amide bonds. The molecule has 2 nitrogen and oxygen atoms in total. The lowest BCUT2D eigenvalue weighted by molar-refractivity contribution is 0.594. The van der Waals surface area contributed by atoms with E-state index in [1.165, 1.54) is 0 Å². The van der Waals surface area contributed by atoms with Crippen LogP contribution in [0, 0.1) is 13.8 Å². The Morgan fingerprint density at radius 3 is 1.48 bits per heavy atom. The maximum Gasteiger partial charge on any atom is 0.207 e. The molecule has 21 heavy (non-hydrogen) atoms. The fraction of sp³-hybridized carbons (Fsp3) is 0.333. The summed E-state index contributed by atoms with van der Waals surface area (Å²) in [4.78, 5) is 0.878. The van der Waals surface area contributed by atoms with Crippen LogP contribution in [0.3, 0.4) is 0 Å². The van der Waals surface area contributed by atoms with Gasteiger partial charge in [-0.2, -0.15) is 0 Å². The average Bonchev–Trinajstić information content (AvgIpc) is 2.46. The molecule has 2 rings (SSSR count). The van der Waals surface area contributed by atoms with Crippen LogP contribution in [0.2, 0.25) is 0 Å². The molecule has 0 fully saturated rings. The molecule has 0 aliphatic carbocycles. The van der Waals surface area contributed by atoms with E-state index < -0.39 is 9.84 Å². The van der Waals surface area contributed by atoms with E-state index in [4.69, 9.17) is 0 Å². The highest BCUT2D eigenvalue weighted by atomic mass is 32.2. The first kappa shape index (κ1) is 15.8. The minimum atomic E-state index is -3.46. The highest BCUT2D eigenvalue weighted by Gasteiger charge is 2.23. The summed E-state index contributed by atoms with van der Waals surface area (Å²) in [7, 11) is -3.46. The van der Waals surface area contributed by atoms with Crippen molar-refractivity contribution in [1.29, 1.82) is 0 Å². The van der Waals surface area contributed by atoms with Crippen LogP contribution in [0.25, 0.3) is 0 Å². The molecule has 0 radical (unpaired) electrons. The van der Waals surface area contributed by atoms with Crippen LogP contribution in [0.1, 0.15) is 36.1 Å². The lowest BCUT2D eigenvalue weighted by Gasteiger charge is -2.13. The molecule has 0 aliphatic rings. The quantitative estimate of drug-likeness (QED) is 0.845. The Morgan fingerprint density at radius 2 is 1.14 bits per heavy atom. The normalized spacial score (nSPS) is 11.6. The van der Waals surface area contributed by atoms with Crippen molar-refractivity contribution in [3.63, 3.8) is 0 Å². The van der Waals surface area contributed by atoms with Gasteiger partial charge < -0.3 is 0 Å². The van der Waals surface area contributed by atoms with Crippen LogP contribution in [0.4, 0.5) is 0 Å². The van der Waals surface area contributed by atoms with Crippen molar-refractivity contribution < 1.29 is 8.42 Å².